The molecule has 1 aromatic carbocycles. The van der Waals surface area contributed by atoms with Gasteiger partial charge in [-0.05, 0) is 36.7 Å². The van der Waals surface area contributed by atoms with Gasteiger partial charge >= 0.3 is 6.09 Å². The van der Waals surface area contributed by atoms with Gasteiger partial charge in [0.15, 0.2) is 0 Å². The number of hydrogen-bond donors (Lipinski definition) is 3. The van der Waals surface area contributed by atoms with Crippen molar-refractivity contribution >= 4 is 17.9 Å². The van der Waals surface area contributed by atoms with Gasteiger partial charge in [-0.25, -0.2) is 4.79 Å². The second kappa shape index (κ2) is 9.76. The molecule has 7 nitrogen and oxygen atoms in total. The van der Waals surface area contributed by atoms with Crippen molar-refractivity contribution in [2.75, 3.05) is 13.1 Å². The minimum absolute atomic E-state index is 0.109. The smallest absolute Gasteiger partial charge is 0.407 e. The Balaban J connectivity index is 1.75. The quantitative estimate of drug-likeness (QED) is 0.651. The molecular weight excluding hydrogens is 370 g/mol. The lowest BCUT2D eigenvalue weighted by atomic mass is 9.67. The molecule has 0 radical (unpaired) electrons. The molecule has 0 aromatic heterocycles. The van der Waals surface area contributed by atoms with E-state index in [-0.39, 0.29) is 18.2 Å². The van der Waals surface area contributed by atoms with Gasteiger partial charge in [-0.15, -0.1) is 0 Å². The highest BCUT2D eigenvalue weighted by Crippen LogP contribution is 2.43. The van der Waals surface area contributed by atoms with Crippen LogP contribution >= 0.6 is 0 Å². The van der Waals surface area contributed by atoms with E-state index in [0.717, 1.165) is 37.7 Å². The van der Waals surface area contributed by atoms with Crippen LogP contribution in [0.2, 0.25) is 0 Å². The number of fused-ring (bicyclic) bond motifs is 1. The van der Waals surface area contributed by atoms with E-state index < -0.39 is 24.0 Å². The monoisotopic (exact) mass is 401 g/mol. The maximum Gasteiger partial charge on any atom is 0.407 e. The first kappa shape index (κ1) is 21.1. The first-order valence-electron chi connectivity index (χ1n) is 10.6. The predicted molar refractivity (Wildman–Crippen MR) is 109 cm³/mol. The van der Waals surface area contributed by atoms with Crippen LogP contribution in [0, 0.1) is 17.8 Å². The molecular formula is C22H31N3O4. The summed E-state index contributed by atoms with van der Waals surface area (Å²) in [6.45, 7) is 0.847. The van der Waals surface area contributed by atoms with Crippen LogP contribution in [0.3, 0.4) is 0 Å². The Hall–Kier alpha value is -2.57. The standard InChI is InChI=1S/C22H31N3O4/c23-19(26)14-18(21(27)24-12-10-15-6-2-1-3-7-15)20-17-9-5-4-8-16(17)11-13-25(20)22(28)29/h1-3,6-7,16-18,20H,4-5,8-14H2,(H2,23,26)(H,24,27)(H,28,29). The number of hydrogen-bond acceptors (Lipinski definition) is 3. The highest BCUT2D eigenvalue weighted by molar-refractivity contribution is 5.86. The van der Waals surface area contributed by atoms with Gasteiger partial charge in [0.2, 0.25) is 11.8 Å². The van der Waals surface area contributed by atoms with Crippen molar-refractivity contribution < 1.29 is 19.5 Å². The lowest BCUT2D eigenvalue weighted by Crippen LogP contribution is -2.58. The maximum atomic E-state index is 13.1. The molecule has 0 spiro atoms. The van der Waals surface area contributed by atoms with Crippen molar-refractivity contribution in [1.82, 2.24) is 10.2 Å². The third-order valence-corrected chi connectivity index (χ3v) is 6.48. The van der Waals surface area contributed by atoms with Crippen molar-refractivity contribution in [2.45, 2.75) is 51.0 Å². The number of carbonyl (C=O) groups excluding carboxylic acids is 2. The van der Waals surface area contributed by atoms with E-state index in [1.54, 1.807) is 0 Å². The molecule has 1 aliphatic carbocycles. The normalized spacial score (nSPS) is 25.0. The number of nitrogens with zero attached hydrogens (tertiary/aromatic N) is 1. The van der Waals surface area contributed by atoms with Crippen molar-refractivity contribution in [3.8, 4) is 0 Å². The number of likely N-dealkylation sites (tertiary alicyclic amines) is 1. The summed E-state index contributed by atoms with van der Waals surface area (Å²) < 4.78 is 0. The van der Waals surface area contributed by atoms with Crippen LogP contribution in [0.25, 0.3) is 0 Å². The first-order chi connectivity index (χ1) is 14.0. The maximum absolute atomic E-state index is 13.1. The number of carboxylic acid groups (broad SMARTS) is 1. The summed E-state index contributed by atoms with van der Waals surface area (Å²) in [4.78, 5) is 38.2. The molecule has 1 aliphatic heterocycles. The Kier molecular flexibility index (Phi) is 7.12. The highest BCUT2D eigenvalue weighted by Gasteiger charge is 2.47. The van der Waals surface area contributed by atoms with E-state index in [9.17, 15) is 19.5 Å². The van der Waals surface area contributed by atoms with Gasteiger partial charge in [-0.3, -0.25) is 9.59 Å². The third-order valence-electron chi connectivity index (χ3n) is 6.48. The average molecular weight is 402 g/mol. The molecule has 29 heavy (non-hydrogen) atoms. The van der Waals surface area contributed by atoms with Crippen LogP contribution in [-0.4, -0.2) is 47.0 Å². The first-order valence-corrected chi connectivity index (χ1v) is 10.6. The Morgan fingerprint density at radius 3 is 2.55 bits per heavy atom. The number of carbonyl (C=O) groups is 3. The zero-order valence-corrected chi connectivity index (χ0v) is 16.8. The van der Waals surface area contributed by atoms with Crippen LogP contribution in [-0.2, 0) is 16.0 Å². The number of nitrogens with two attached hydrogens (primary N) is 1. The van der Waals surface area contributed by atoms with Gasteiger partial charge in [-0.1, -0.05) is 49.6 Å². The number of nitrogens with one attached hydrogen (secondary N) is 1. The van der Waals surface area contributed by atoms with E-state index in [0.29, 0.717) is 25.4 Å². The summed E-state index contributed by atoms with van der Waals surface area (Å²) in [7, 11) is 0. The van der Waals surface area contributed by atoms with Crippen molar-refractivity contribution in [1.29, 1.82) is 0 Å². The molecule has 1 heterocycles. The van der Waals surface area contributed by atoms with Gasteiger partial charge in [0, 0.05) is 19.5 Å². The fraction of sp³-hybridized carbons (Fsp3) is 0.591. The van der Waals surface area contributed by atoms with Crippen LogP contribution in [0.5, 0.6) is 0 Å². The van der Waals surface area contributed by atoms with Gasteiger partial charge in [0.1, 0.15) is 0 Å². The van der Waals surface area contributed by atoms with Crippen molar-refractivity contribution in [3.05, 3.63) is 35.9 Å². The molecule has 0 bridgehead atoms. The Morgan fingerprint density at radius 1 is 1.14 bits per heavy atom. The lowest BCUT2D eigenvalue weighted by molar-refractivity contribution is -0.134. The van der Waals surface area contributed by atoms with E-state index in [1.807, 2.05) is 30.3 Å². The van der Waals surface area contributed by atoms with Gasteiger partial charge < -0.3 is 21.1 Å². The van der Waals surface area contributed by atoms with Crippen molar-refractivity contribution in [2.24, 2.45) is 23.5 Å². The molecule has 4 N–H and O–H groups in total. The minimum atomic E-state index is -1.02. The Labute approximate surface area is 171 Å². The SMILES string of the molecule is NC(=O)CC(C(=O)NCCc1ccccc1)C1C2CCCCC2CCN1C(=O)O. The van der Waals surface area contributed by atoms with Gasteiger partial charge in [0.25, 0.3) is 0 Å². The summed E-state index contributed by atoms with van der Waals surface area (Å²) in [6, 6.07) is 9.33. The summed E-state index contributed by atoms with van der Waals surface area (Å²) in [5, 5.41) is 12.7. The minimum Gasteiger partial charge on any atom is -0.465 e. The fourth-order valence-corrected chi connectivity index (χ4v) is 5.16. The van der Waals surface area contributed by atoms with E-state index in [1.165, 1.54) is 4.90 Å². The molecule has 2 aliphatic rings. The van der Waals surface area contributed by atoms with Crippen LogP contribution < -0.4 is 11.1 Å². The van der Waals surface area contributed by atoms with Crippen LogP contribution in [0.4, 0.5) is 4.79 Å². The predicted octanol–water partition coefficient (Wildman–Crippen LogP) is 2.40. The molecule has 4 unspecified atom stereocenters. The summed E-state index contributed by atoms with van der Waals surface area (Å²) in [5.41, 5.74) is 6.57. The molecule has 1 saturated heterocycles. The largest absolute Gasteiger partial charge is 0.465 e. The second-order valence-corrected chi connectivity index (χ2v) is 8.27. The zero-order chi connectivity index (χ0) is 20.8. The van der Waals surface area contributed by atoms with Crippen LogP contribution in [0.1, 0.15) is 44.1 Å². The summed E-state index contributed by atoms with van der Waals surface area (Å²) in [6.07, 6.45) is 4.48. The molecule has 158 valence electrons. The van der Waals surface area contributed by atoms with Crippen molar-refractivity contribution in [3.63, 3.8) is 0 Å². The van der Waals surface area contributed by atoms with E-state index >= 15 is 0 Å². The molecule has 7 heteroatoms. The number of amides is 3. The molecule has 1 aromatic rings. The number of piperidine rings is 1. The number of rotatable bonds is 7. The van der Waals surface area contributed by atoms with Crippen LogP contribution in [0.15, 0.2) is 30.3 Å². The molecule has 3 amide bonds. The van der Waals surface area contributed by atoms with Gasteiger partial charge in [0.05, 0.1) is 12.0 Å². The lowest BCUT2D eigenvalue weighted by Gasteiger charge is -2.49. The molecule has 3 rings (SSSR count). The molecule has 4 atom stereocenters. The fourth-order valence-electron chi connectivity index (χ4n) is 5.16. The molecule has 2 fully saturated rings. The number of primary amides is 1. The van der Waals surface area contributed by atoms with E-state index in [4.69, 9.17) is 5.73 Å². The molecule has 1 saturated carbocycles. The highest BCUT2D eigenvalue weighted by atomic mass is 16.4. The Bertz CT molecular complexity index is 724. The zero-order valence-electron chi connectivity index (χ0n) is 16.8. The summed E-state index contributed by atoms with van der Waals surface area (Å²) >= 11 is 0. The topological polar surface area (TPSA) is 113 Å². The van der Waals surface area contributed by atoms with E-state index in [2.05, 4.69) is 5.32 Å². The second-order valence-electron chi connectivity index (χ2n) is 8.27. The average Bonchev–Trinajstić information content (AvgIpc) is 2.71. The Morgan fingerprint density at radius 2 is 1.86 bits per heavy atom. The third kappa shape index (κ3) is 5.28. The number of benzene rings is 1. The summed E-state index contributed by atoms with van der Waals surface area (Å²) in [5.74, 6) is -1.07. The van der Waals surface area contributed by atoms with Gasteiger partial charge in [-0.2, -0.15) is 0 Å².